The van der Waals surface area contributed by atoms with E-state index in [2.05, 4.69) is 24.3 Å². The lowest BCUT2D eigenvalue weighted by Gasteiger charge is -2.10. The third kappa shape index (κ3) is 4.55. The van der Waals surface area contributed by atoms with E-state index >= 15 is 0 Å². The third-order valence-corrected chi connectivity index (χ3v) is 3.90. The van der Waals surface area contributed by atoms with E-state index < -0.39 is 6.16 Å². The molecule has 20 heavy (non-hydrogen) atoms. The molecule has 0 radical (unpaired) electrons. The first-order chi connectivity index (χ1) is 9.79. The second-order valence-corrected chi connectivity index (χ2v) is 5.36. The number of ether oxygens (including phenoxy) is 2. The zero-order valence-corrected chi connectivity index (χ0v) is 12.3. The van der Waals surface area contributed by atoms with Crippen molar-refractivity contribution in [1.29, 1.82) is 0 Å². The van der Waals surface area contributed by atoms with E-state index in [1.165, 1.54) is 36.8 Å². The predicted molar refractivity (Wildman–Crippen MR) is 78.9 cm³/mol. The number of benzene rings is 1. The lowest BCUT2D eigenvalue weighted by atomic mass is 9.96. The molecule has 0 spiro atoms. The van der Waals surface area contributed by atoms with Crippen molar-refractivity contribution in [3.8, 4) is 0 Å². The number of hydrogen-bond acceptors (Lipinski definition) is 3. The summed E-state index contributed by atoms with van der Waals surface area (Å²) < 4.78 is 9.65. The van der Waals surface area contributed by atoms with Crippen LogP contribution in [0.25, 0.3) is 0 Å². The van der Waals surface area contributed by atoms with Gasteiger partial charge in [-0.15, -0.1) is 0 Å². The first-order valence-electron chi connectivity index (χ1n) is 7.68. The third-order valence-electron chi connectivity index (χ3n) is 3.90. The summed E-state index contributed by atoms with van der Waals surface area (Å²) in [7, 11) is 0. The molecular formula is C17H24O3. The summed E-state index contributed by atoms with van der Waals surface area (Å²) in [5, 5.41) is 0. The van der Waals surface area contributed by atoms with Gasteiger partial charge in [-0.1, -0.05) is 37.1 Å². The highest BCUT2D eigenvalue weighted by Crippen LogP contribution is 2.33. The van der Waals surface area contributed by atoms with Crippen LogP contribution in [0.1, 0.15) is 56.1 Å². The van der Waals surface area contributed by atoms with Crippen LogP contribution in [0.3, 0.4) is 0 Å². The first-order valence-corrected chi connectivity index (χ1v) is 7.68. The Bertz CT molecular complexity index is 405. The molecule has 0 aliphatic heterocycles. The fourth-order valence-corrected chi connectivity index (χ4v) is 2.81. The van der Waals surface area contributed by atoms with E-state index in [0.29, 0.717) is 13.2 Å². The molecule has 0 saturated heterocycles. The number of rotatable bonds is 6. The summed E-state index contributed by atoms with van der Waals surface area (Å²) in [6, 6.07) is 8.94. The topological polar surface area (TPSA) is 35.5 Å². The largest absolute Gasteiger partial charge is 0.508 e. The van der Waals surface area contributed by atoms with Gasteiger partial charge in [-0.3, -0.25) is 0 Å². The summed E-state index contributed by atoms with van der Waals surface area (Å²) in [4.78, 5) is 11.0. The highest BCUT2D eigenvalue weighted by molar-refractivity contribution is 5.59. The van der Waals surface area contributed by atoms with E-state index in [0.717, 1.165) is 18.8 Å². The Balaban J connectivity index is 1.69. The molecule has 110 valence electrons. The van der Waals surface area contributed by atoms with Gasteiger partial charge in [0.2, 0.25) is 0 Å². The van der Waals surface area contributed by atoms with Crippen molar-refractivity contribution < 1.29 is 14.3 Å². The molecule has 1 aliphatic rings. The van der Waals surface area contributed by atoms with Crippen molar-refractivity contribution in [3.63, 3.8) is 0 Å². The van der Waals surface area contributed by atoms with Crippen LogP contribution in [0.4, 0.5) is 4.79 Å². The van der Waals surface area contributed by atoms with Gasteiger partial charge in [-0.2, -0.15) is 0 Å². The minimum Gasteiger partial charge on any atom is -0.435 e. The first kappa shape index (κ1) is 14.9. The van der Waals surface area contributed by atoms with Crippen LogP contribution in [0.5, 0.6) is 0 Å². The Labute approximate surface area is 121 Å². The second-order valence-electron chi connectivity index (χ2n) is 5.36. The van der Waals surface area contributed by atoms with Gasteiger partial charge < -0.3 is 9.47 Å². The Kier molecular flexibility index (Phi) is 5.90. The highest BCUT2D eigenvalue weighted by atomic mass is 16.7. The minimum absolute atomic E-state index is 0.363. The van der Waals surface area contributed by atoms with Crippen molar-refractivity contribution in [2.24, 2.45) is 0 Å². The highest BCUT2D eigenvalue weighted by Gasteiger charge is 2.16. The van der Waals surface area contributed by atoms with Crippen LogP contribution in [0.15, 0.2) is 24.3 Å². The number of aryl methyl sites for hydroxylation is 1. The molecule has 0 unspecified atom stereocenters. The maximum atomic E-state index is 11.0. The molecule has 0 aromatic heterocycles. The molecule has 0 heterocycles. The van der Waals surface area contributed by atoms with Gasteiger partial charge in [0.15, 0.2) is 0 Å². The van der Waals surface area contributed by atoms with Crippen molar-refractivity contribution in [2.45, 2.75) is 51.4 Å². The Hall–Kier alpha value is -1.51. The van der Waals surface area contributed by atoms with Crippen LogP contribution in [0.2, 0.25) is 0 Å². The molecule has 1 aromatic carbocycles. The molecule has 0 bridgehead atoms. The fraction of sp³-hybridized carbons (Fsp3) is 0.588. The molecule has 1 fully saturated rings. The number of hydrogen-bond donors (Lipinski definition) is 0. The van der Waals surface area contributed by atoms with Gasteiger partial charge in [0, 0.05) is 0 Å². The van der Waals surface area contributed by atoms with Crippen molar-refractivity contribution in [2.75, 3.05) is 13.2 Å². The second kappa shape index (κ2) is 7.93. The van der Waals surface area contributed by atoms with Crippen LogP contribution in [-0.2, 0) is 15.9 Å². The van der Waals surface area contributed by atoms with Crippen LogP contribution in [-0.4, -0.2) is 19.4 Å². The molecule has 0 N–H and O–H groups in total. The van der Waals surface area contributed by atoms with E-state index in [9.17, 15) is 4.79 Å². The van der Waals surface area contributed by atoms with E-state index in [1.54, 1.807) is 6.92 Å². The molecule has 1 saturated carbocycles. The van der Waals surface area contributed by atoms with E-state index in [4.69, 9.17) is 9.47 Å². The molecule has 0 amide bonds. The zero-order chi connectivity index (χ0) is 14.2. The van der Waals surface area contributed by atoms with Crippen molar-refractivity contribution >= 4 is 6.16 Å². The molecular weight excluding hydrogens is 252 g/mol. The summed E-state index contributed by atoms with van der Waals surface area (Å²) in [5.74, 6) is 0.774. The van der Waals surface area contributed by atoms with Crippen LogP contribution >= 0.6 is 0 Å². The maximum Gasteiger partial charge on any atom is 0.508 e. The number of carbonyl (C=O) groups is 1. The summed E-state index contributed by atoms with van der Waals surface area (Å²) in [6.07, 6.45) is 6.63. The van der Waals surface area contributed by atoms with Gasteiger partial charge in [-0.05, 0) is 49.7 Å². The molecule has 1 aromatic rings. The van der Waals surface area contributed by atoms with Crippen LogP contribution in [0, 0.1) is 0 Å². The van der Waals surface area contributed by atoms with Crippen LogP contribution < -0.4 is 0 Å². The average molecular weight is 276 g/mol. The Morgan fingerprint density at radius 3 is 2.50 bits per heavy atom. The summed E-state index contributed by atoms with van der Waals surface area (Å²) in [6.45, 7) is 2.55. The van der Waals surface area contributed by atoms with E-state index in [-0.39, 0.29) is 0 Å². The minimum atomic E-state index is -0.566. The van der Waals surface area contributed by atoms with Gasteiger partial charge in [0.05, 0.1) is 13.2 Å². The van der Waals surface area contributed by atoms with Gasteiger partial charge in [-0.25, -0.2) is 4.79 Å². The Morgan fingerprint density at radius 1 is 1.15 bits per heavy atom. The molecule has 3 heteroatoms. The zero-order valence-electron chi connectivity index (χ0n) is 12.3. The van der Waals surface area contributed by atoms with Gasteiger partial charge >= 0.3 is 6.16 Å². The molecule has 1 aliphatic carbocycles. The standard InChI is InChI=1S/C17H24O3/c1-2-19-17(18)20-13-5-6-14-9-11-16(12-10-14)15-7-3-4-8-15/h9-12,15H,2-8,13H2,1H3. The lowest BCUT2D eigenvalue weighted by molar-refractivity contribution is 0.0584. The summed E-state index contributed by atoms with van der Waals surface area (Å²) >= 11 is 0. The van der Waals surface area contributed by atoms with Crippen molar-refractivity contribution in [1.82, 2.24) is 0 Å². The molecule has 2 rings (SSSR count). The van der Waals surface area contributed by atoms with Gasteiger partial charge in [0.1, 0.15) is 0 Å². The van der Waals surface area contributed by atoms with Gasteiger partial charge in [0.25, 0.3) is 0 Å². The summed E-state index contributed by atoms with van der Waals surface area (Å²) in [5.41, 5.74) is 2.79. The monoisotopic (exact) mass is 276 g/mol. The number of carbonyl (C=O) groups excluding carboxylic acids is 1. The predicted octanol–water partition coefficient (Wildman–Crippen LogP) is 4.45. The fourth-order valence-electron chi connectivity index (χ4n) is 2.81. The van der Waals surface area contributed by atoms with E-state index in [1.807, 2.05) is 0 Å². The maximum absolute atomic E-state index is 11.0. The normalized spacial score (nSPS) is 15.2. The SMILES string of the molecule is CCOC(=O)OCCCc1ccc(C2CCCC2)cc1. The smallest absolute Gasteiger partial charge is 0.435 e. The Morgan fingerprint density at radius 2 is 1.85 bits per heavy atom. The van der Waals surface area contributed by atoms with Crippen molar-refractivity contribution in [3.05, 3.63) is 35.4 Å². The quantitative estimate of drug-likeness (QED) is 0.569. The average Bonchev–Trinajstić information content (AvgIpc) is 2.99. The molecule has 0 atom stereocenters. The lowest BCUT2D eigenvalue weighted by Crippen LogP contribution is -2.08. The molecule has 3 nitrogen and oxygen atoms in total.